The Bertz CT molecular complexity index is 457. The molecule has 21 heavy (non-hydrogen) atoms. The number of hydrogen-bond acceptors (Lipinski definition) is 3. The average Bonchev–Trinajstić information content (AvgIpc) is 3.30. The second-order valence-electron chi connectivity index (χ2n) is 6.52. The van der Waals surface area contributed by atoms with Gasteiger partial charge in [-0.2, -0.15) is 0 Å². The average molecular weight is 290 g/mol. The Labute approximate surface area is 129 Å². The van der Waals surface area contributed by atoms with E-state index in [2.05, 4.69) is 43.9 Å². The molecule has 2 atom stereocenters. The maximum Gasteiger partial charge on any atom is 0.0589 e. The quantitative estimate of drug-likeness (QED) is 0.800. The summed E-state index contributed by atoms with van der Waals surface area (Å²) in [7, 11) is 1.77. The van der Waals surface area contributed by atoms with Gasteiger partial charge in [0, 0.05) is 32.3 Å². The van der Waals surface area contributed by atoms with Crippen molar-refractivity contribution in [1.29, 1.82) is 0 Å². The van der Waals surface area contributed by atoms with Gasteiger partial charge in [-0.3, -0.25) is 4.90 Å². The molecule has 0 aliphatic heterocycles. The lowest BCUT2D eigenvalue weighted by Crippen LogP contribution is -2.41. The maximum absolute atomic E-state index is 6.46. The third kappa shape index (κ3) is 4.53. The van der Waals surface area contributed by atoms with Crippen LogP contribution in [0, 0.1) is 19.8 Å². The van der Waals surface area contributed by atoms with E-state index in [0.717, 1.165) is 25.6 Å². The minimum absolute atomic E-state index is 0.0716. The van der Waals surface area contributed by atoms with Crippen LogP contribution in [-0.2, 0) is 4.74 Å². The first-order chi connectivity index (χ1) is 10.0. The van der Waals surface area contributed by atoms with Gasteiger partial charge in [0.2, 0.25) is 0 Å². The minimum atomic E-state index is 0.0716. The fourth-order valence-electron chi connectivity index (χ4n) is 2.90. The first-order valence-electron chi connectivity index (χ1n) is 8.08. The van der Waals surface area contributed by atoms with Crippen LogP contribution in [0.2, 0.25) is 0 Å². The van der Waals surface area contributed by atoms with Crippen molar-refractivity contribution in [3.05, 3.63) is 34.9 Å². The molecule has 1 saturated carbocycles. The van der Waals surface area contributed by atoms with E-state index in [-0.39, 0.29) is 6.04 Å². The van der Waals surface area contributed by atoms with E-state index in [9.17, 15) is 0 Å². The van der Waals surface area contributed by atoms with E-state index in [0.29, 0.717) is 6.04 Å². The highest BCUT2D eigenvalue weighted by molar-refractivity contribution is 5.31. The largest absolute Gasteiger partial charge is 0.383 e. The first-order valence-corrected chi connectivity index (χ1v) is 8.08. The number of methoxy groups -OCH3 is 1. The zero-order valence-corrected chi connectivity index (χ0v) is 13.9. The van der Waals surface area contributed by atoms with Crippen LogP contribution in [-0.4, -0.2) is 37.7 Å². The molecule has 3 heteroatoms. The van der Waals surface area contributed by atoms with Gasteiger partial charge in [-0.25, -0.2) is 0 Å². The lowest BCUT2D eigenvalue weighted by atomic mass is 10.0. The molecule has 2 rings (SSSR count). The summed E-state index contributed by atoms with van der Waals surface area (Å²) in [6.45, 7) is 9.28. The van der Waals surface area contributed by atoms with Crippen LogP contribution in [0.1, 0.15) is 42.5 Å². The Morgan fingerprint density at radius 3 is 2.57 bits per heavy atom. The number of benzene rings is 1. The van der Waals surface area contributed by atoms with Crippen molar-refractivity contribution in [2.75, 3.05) is 26.8 Å². The summed E-state index contributed by atoms with van der Waals surface area (Å²) in [4.78, 5) is 2.50. The predicted molar refractivity (Wildman–Crippen MR) is 88.5 cm³/mol. The molecule has 1 aromatic carbocycles. The third-order valence-corrected chi connectivity index (χ3v) is 4.85. The number of rotatable bonds is 8. The van der Waals surface area contributed by atoms with E-state index < -0.39 is 0 Å². The molecule has 1 aliphatic carbocycles. The highest BCUT2D eigenvalue weighted by Gasteiger charge is 2.32. The Kier molecular flexibility index (Phi) is 5.80. The lowest BCUT2D eigenvalue weighted by Gasteiger charge is -2.31. The molecule has 0 heterocycles. The normalized spacial score (nSPS) is 18.0. The minimum Gasteiger partial charge on any atom is -0.383 e. The molecule has 0 saturated heterocycles. The molecule has 0 aromatic heterocycles. The summed E-state index contributed by atoms with van der Waals surface area (Å²) >= 11 is 0. The number of hydrogen-bond donors (Lipinski definition) is 1. The van der Waals surface area contributed by atoms with E-state index >= 15 is 0 Å². The van der Waals surface area contributed by atoms with Crippen LogP contribution in [0.25, 0.3) is 0 Å². The van der Waals surface area contributed by atoms with Gasteiger partial charge in [-0.05, 0) is 56.2 Å². The van der Waals surface area contributed by atoms with Crippen molar-refractivity contribution in [3.63, 3.8) is 0 Å². The number of aryl methyl sites for hydroxylation is 2. The molecule has 0 bridgehead atoms. The molecule has 3 nitrogen and oxygen atoms in total. The summed E-state index contributed by atoms with van der Waals surface area (Å²) in [6.07, 6.45) is 2.73. The molecule has 0 radical (unpaired) electrons. The van der Waals surface area contributed by atoms with Crippen molar-refractivity contribution in [2.45, 2.75) is 45.7 Å². The summed E-state index contributed by atoms with van der Waals surface area (Å²) in [5, 5.41) is 0. The standard InChI is InChI=1S/C18H30N2O/c1-13-5-6-17(11-14(13)2)18(19)12-20(9-10-21-4)15(3)16-7-8-16/h5-6,11,15-16,18H,7-10,12,19H2,1-4H3. The van der Waals surface area contributed by atoms with Crippen LogP contribution < -0.4 is 5.73 Å². The van der Waals surface area contributed by atoms with Gasteiger partial charge >= 0.3 is 0 Å². The van der Waals surface area contributed by atoms with Gasteiger partial charge in [-0.1, -0.05) is 18.2 Å². The lowest BCUT2D eigenvalue weighted by molar-refractivity contribution is 0.112. The Balaban J connectivity index is 2.01. The highest BCUT2D eigenvalue weighted by atomic mass is 16.5. The van der Waals surface area contributed by atoms with E-state index in [4.69, 9.17) is 10.5 Å². The van der Waals surface area contributed by atoms with Crippen molar-refractivity contribution in [2.24, 2.45) is 11.7 Å². The van der Waals surface area contributed by atoms with Crippen molar-refractivity contribution in [3.8, 4) is 0 Å². The molecule has 1 aromatic rings. The van der Waals surface area contributed by atoms with Crippen LogP contribution in [0.15, 0.2) is 18.2 Å². The third-order valence-electron chi connectivity index (χ3n) is 4.85. The van der Waals surface area contributed by atoms with Crippen molar-refractivity contribution < 1.29 is 4.74 Å². The van der Waals surface area contributed by atoms with Crippen LogP contribution in [0.3, 0.4) is 0 Å². The SMILES string of the molecule is COCCN(CC(N)c1ccc(C)c(C)c1)C(C)C1CC1. The van der Waals surface area contributed by atoms with Gasteiger partial charge in [0.1, 0.15) is 0 Å². The molecule has 2 unspecified atom stereocenters. The topological polar surface area (TPSA) is 38.5 Å². The first kappa shape index (κ1) is 16.5. The van der Waals surface area contributed by atoms with Crippen molar-refractivity contribution in [1.82, 2.24) is 4.90 Å². The summed E-state index contributed by atoms with van der Waals surface area (Å²) in [5.41, 5.74) is 10.4. The van der Waals surface area contributed by atoms with Gasteiger partial charge < -0.3 is 10.5 Å². The monoisotopic (exact) mass is 290 g/mol. The Morgan fingerprint density at radius 1 is 1.29 bits per heavy atom. The van der Waals surface area contributed by atoms with Crippen LogP contribution >= 0.6 is 0 Å². The Morgan fingerprint density at radius 2 is 2.00 bits per heavy atom. The zero-order valence-electron chi connectivity index (χ0n) is 13.9. The zero-order chi connectivity index (χ0) is 15.4. The number of ether oxygens (including phenoxy) is 1. The van der Waals surface area contributed by atoms with E-state index in [1.165, 1.54) is 29.5 Å². The molecule has 1 aliphatic rings. The van der Waals surface area contributed by atoms with Crippen LogP contribution in [0.4, 0.5) is 0 Å². The van der Waals surface area contributed by atoms with Gasteiger partial charge in [0.15, 0.2) is 0 Å². The highest BCUT2D eigenvalue weighted by Crippen LogP contribution is 2.35. The molecule has 1 fully saturated rings. The number of nitrogens with two attached hydrogens (primary N) is 1. The maximum atomic E-state index is 6.46. The fourth-order valence-corrected chi connectivity index (χ4v) is 2.90. The second-order valence-corrected chi connectivity index (χ2v) is 6.52. The predicted octanol–water partition coefficient (Wildman–Crippen LogP) is 3.05. The second kappa shape index (κ2) is 7.39. The van der Waals surface area contributed by atoms with Gasteiger partial charge in [0.25, 0.3) is 0 Å². The Hall–Kier alpha value is -0.900. The van der Waals surface area contributed by atoms with E-state index in [1.807, 2.05) is 0 Å². The number of nitrogens with zero attached hydrogens (tertiary/aromatic N) is 1. The molecule has 0 spiro atoms. The molecule has 0 amide bonds. The van der Waals surface area contributed by atoms with Crippen molar-refractivity contribution >= 4 is 0 Å². The molecule has 2 N–H and O–H groups in total. The van der Waals surface area contributed by atoms with Gasteiger partial charge in [-0.15, -0.1) is 0 Å². The van der Waals surface area contributed by atoms with Gasteiger partial charge in [0.05, 0.1) is 6.61 Å². The summed E-state index contributed by atoms with van der Waals surface area (Å²) < 4.78 is 5.26. The summed E-state index contributed by atoms with van der Waals surface area (Å²) in [5.74, 6) is 0.855. The van der Waals surface area contributed by atoms with Crippen LogP contribution in [0.5, 0.6) is 0 Å². The fraction of sp³-hybridized carbons (Fsp3) is 0.667. The molecular weight excluding hydrogens is 260 g/mol. The summed E-state index contributed by atoms with van der Waals surface area (Å²) in [6, 6.07) is 7.26. The molecule has 118 valence electrons. The van der Waals surface area contributed by atoms with E-state index in [1.54, 1.807) is 7.11 Å². The smallest absolute Gasteiger partial charge is 0.0589 e. The molecular formula is C18H30N2O.